The van der Waals surface area contributed by atoms with Crippen molar-refractivity contribution in [1.29, 1.82) is 0 Å². The van der Waals surface area contributed by atoms with Gasteiger partial charge in [-0.25, -0.2) is 4.79 Å². The van der Waals surface area contributed by atoms with Crippen LogP contribution in [-0.2, 0) is 29.2 Å². The first-order chi connectivity index (χ1) is 11.1. The van der Waals surface area contributed by atoms with E-state index in [-0.39, 0.29) is 49.9 Å². The Hall–Kier alpha value is -0.190. The Kier molecular flexibility index (Phi) is 15.1. The molecule has 0 aromatic carbocycles. The van der Waals surface area contributed by atoms with Crippen molar-refractivity contribution in [3.63, 3.8) is 0 Å². The predicted molar refractivity (Wildman–Crippen MR) is 87.7 cm³/mol. The van der Waals surface area contributed by atoms with Gasteiger partial charge in [0, 0.05) is 0 Å². The number of rotatable bonds is 12. The van der Waals surface area contributed by atoms with Gasteiger partial charge in [0.25, 0.3) is 0 Å². The minimum atomic E-state index is -4.58. The molecule has 0 aliphatic carbocycles. The van der Waals surface area contributed by atoms with Crippen LogP contribution in [0.3, 0.4) is 0 Å². The zero-order valence-corrected chi connectivity index (χ0v) is 18.3. The summed E-state index contributed by atoms with van der Waals surface area (Å²) in [6, 6.07) is 0. The van der Waals surface area contributed by atoms with Crippen LogP contribution in [0.5, 0.6) is 0 Å². The molecule has 144 valence electrons. The van der Waals surface area contributed by atoms with Crippen LogP contribution >= 0.6 is 0 Å². The Morgan fingerprint density at radius 1 is 1.16 bits per heavy atom. The third kappa shape index (κ3) is 11.9. The Labute approximate surface area is 173 Å². The molecule has 0 aromatic heterocycles. The van der Waals surface area contributed by atoms with E-state index < -0.39 is 40.0 Å². The number of unbranched alkanes of at least 4 members (excludes halogenated alkanes) is 1. The van der Waals surface area contributed by atoms with E-state index in [0.29, 0.717) is 0 Å². The first-order valence-corrected chi connectivity index (χ1v) is 9.66. The summed E-state index contributed by atoms with van der Waals surface area (Å²) in [4.78, 5) is 23.2. The number of carbonyl (C=O) groups excluding carboxylic acids is 2. The largest absolute Gasteiger partial charge is 1.00 e. The summed E-state index contributed by atoms with van der Waals surface area (Å²) in [7, 11) is -4.58. The van der Waals surface area contributed by atoms with Crippen molar-refractivity contribution in [1.82, 2.24) is 0 Å². The van der Waals surface area contributed by atoms with Crippen molar-refractivity contribution in [2.45, 2.75) is 70.8 Å². The molecule has 0 saturated heterocycles. The second kappa shape index (κ2) is 13.9. The fourth-order valence-electron chi connectivity index (χ4n) is 1.97. The number of hydrogen-bond donors (Lipinski definition) is 2. The number of esters is 2. The van der Waals surface area contributed by atoms with Gasteiger partial charge in [-0.1, -0.05) is 40.0 Å². The molecule has 0 aromatic rings. The quantitative estimate of drug-likeness (QED) is 0.240. The average Bonchev–Trinajstić information content (AvgIpc) is 2.51. The molecule has 25 heavy (non-hydrogen) atoms. The summed E-state index contributed by atoms with van der Waals surface area (Å²) in [6.07, 6.45) is 1.19. The zero-order chi connectivity index (χ0) is 18.8. The minimum absolute atomic E-state index is 0. The van der Waals surface area contributed by atoms with Crippen LogP contribution in [0, 0.1) is 5.92 Å². The minimum Gasteiger partial charge on any atom is -1.00 e. The topological polar surface area (TPSA) is 127 Å². The summed E-state index contributed by atoms with van der Waals surface area (Å²) in [6.45, 7) is 5.64. The summed E-state index contributed by atoms with van der Waals surface area (Å²) in [5, 5.41) is 9.61. The van der Waals surface area contributed by atoms with Crippen LogP contribution in [0.15, 0.2) is 0 Å². The van der Waals surface area contributed by atoms with Gasteiger partial charge < -0.3 is 16.0 Å². The van der Waals surface area contributed by atoms with E-state index in [4.69, 9.17) is 9.29 Å². The van der Waals surface area contributed by atoms with Gasteiger partial charge in [0.05, 0.1) is 13.0 Å². The number of ether oxygens (including phenoxy) is 2. The smallest absolute Gasteiger partial charge is 1.00 e. The Morgan fingerprint density at radius 2 is 1.76 bits per heavy atom. The maximum atomic E-state index is 11.6. The van der Waals surface area contributed by atoms with Crippen LogP contribution in [-0.4, -0.2) is 48.2 Å². The van der Waals surface area contributed by atoms with Crippen LogP contribution in [0.2, 0.25) is 0 Å². The molecule has 3 atom stereocenters. The van der Waals surface area contributed by atoms with Gasteiger partial charge >= 0.3 is 51.6 Å². The fourth-order valence-corrected chi connectivity index (χ4v) is 2.61. The zero-order valence-electron chi connectivity index (χ0n) is 16.4. The van der Waals surface area contributed by atoms with Crippen molar-refractivity contribution < 1.29 is 68.1 Å². The van der Waals surface area contributed by atoms with E-state index >= 15 is 0 Å². The molecule has 0 aliphatic heterocycles. The Morgan fingerprint density at radius 3 is 2.20 bits per heavy atom. The van der Waals surface area contributed by atoms with Gasteiger partial charge in [-0.15, -0.1) is 0 Å². The summed E-state index contributed by atoms with van der Waals surface area (Å²) in [5.74, 6) is -1.84. The van der Waals surface area contributed by atoms with Crippen LogP contribution in [0.4, 0.5) is 0 Å². The molecule has 0 radical (unpaired) electrons. The molecule has 0 aliphatic rings. The van der Waals surface area contributed by atoms with E-state index in [0.717, 1.165) is 25.7 Å². The maximum absolute atomic E-state index is 11.6. The molecule has 2 N–H and O–H groups in total. The van der Waals surface area contributed by atoms with Crippen molar-refractivity contribution in [3.8, 4) is 0 Å². The first kappa shape index (κ1) is 27.0. The summed E-state index contributed by atoms with van der Waals surface area (Å²) in [5.41, 5.74) is -1.77. The normalized spacial score (nSPS) is 14.8. The number of carbonyl (C=O) groups is 2. The molecule has 0 heterocycles. The third-order valence-corrected chi connectivity index (χ3v) is 4.66. The van der Waals surface area contributed by atoms with Crippen molar-refractivity contribution >= 4 is 22.1 Å². The number of aliphatic hydroxyl groups excluding tert-OH is 1. The number of hydrogen-bond acceptors (Lipinski definition) is 7. The van der Waals surface area contributed by atoms with Gasteiger partial charge in [-0.3, -0.25) is 9.35 Å². The summed E-state index contributed by atoms with van der Waals surface area (Å²) < 4.78 is 40.3. The van der Waals surface area contributed by atoms with Gasteiger partial charge in [0.1, 0.15) is 0 Å². The second-order valence-electron chi connectivity index (χ2n) is 5.61. The van der Waals surface area contributed by atoms with Crippen LogP contribution < -0.4 is 29.6 Å². The van der Waals surface area contributed by atoms with Crippen molar-refractivity contribution in [2.75, 3.05) is 6.61 Å². The maximum Gasteiger partial charge on any atom is 1.00 e. The molecule has 0 spiro atoms. The van der Waals surface area contributed by atoms with E-state index in [1.165, 1.54) is 6.92 Å². The standard InChI is InChI=1S/C15H28O8S.Na.H/c1-4-7-8-11(5-2)10-22-13(17)9-12(16)15(18)23-14(6-3)24(19,20)21;;/h11-12,14,16H,4-10H2,1-3H3,(H,19,20,21);;/q;+1;-1. The van der Waals surface area contributed by atoms with Crippen LogP contribution in [0.1, 0.15) is 60.7 Å². The predicted octanol–water partition coefficient (Wildman–Crippen LogP) is -1.22. The number of aliphatic hydroxyl groups is 1. The molecule has 0 saturated carbocycles. The van der Waals surface area contributed by atoms with E-state index in [9.17, 15) is 23.1 Å². The molecule has 3 unspecified atom stereocenters. The molecular formula is C15H29NaO8S. The first-order valence-electron chi connectivity index (χ1n) is 8.16. The molecule has 0 fully saturated rings. The molecule has 0 amide bonds. The third-order valence-electron chi connectivity index (χ3n) is 3.57. The average molecular weight is 392 g/mol. The fraction of sp³-hybridized carbons (Fsp3) is 0.867. The molecular weight excluding hydrogens is 363 g/mol. The van der Waals surface area contributed by atoms with Crippen LogP contribution in [0.25, 0.3) is 0 Å². The monoisotopic (exact) mass is 392 g/mol. The Balaban J connectivity index is -0.00000264. The van der Waals surface area contributed by atoms with Gasteiger partial charge in [0.2, 0.25) is 5.44 Å². The van der Waals surface area contributed by atoms with E-state index in [1.54, 1.807) is 0 Å². The Bertz CT molecular complexity index is 500. The van der Waals surface area contributed by atoms with Gasteiger partial charge in [-0.2, -0.15) is 8.42 Å². The SMILES string of the molecule is CCCCC(CC)COC(=O)CC(O)C(=O)OC(CC)S(=O)(=O)O.[H-].[Na+]. The van der Waals surface area contributed by atoms with Gasteiger partial charge in [-0.05, 0) is 18.8 Å². The molecule has 0 bridgehead atoms. The van der Waals surface area contributed by atoms with Crippen molar-refractivity contribution in [3.05, 3.63) is 0 Å². The van der Waals surface area contributed by atoms with E-state index in [2.05, 4.69) is 11.7 Å². The second-order valence-corrected chi connectivity index (χ2v) is 7.16. The molecule has 10 heteroatoms. The molecule has 8 nitrogen and oxygen atoms in total. The van der Waals surface area contributed by atoms with E-state index in [1.807, 2.05) is 6.92 Å². The van der Waals surface area contributed by atoms with Gasteiger partial charge in [0.15, 0.2) is 6.10 Å². The van der Waals surface area contributed by atoms with Crippen molar-refractivity contribution in [2.24, 2.45) is 5.92 Å². The summed E-state index contributed by atoms with van der Waals surface area (Å²) >= 11 is 0. The molecule has 0 rings (SSSR count).